The summed E-state index contributed by atoms with van der Waals surface area (Å²) in [5, 5.41) is 6.51. The van der Waals surface area contributed by atoms with Crippen molar-refractivity contribution in [2.24, 2.45) is 11.3 Å². The first-order valence-corrected chi connectivity index (χ1v) is 6.88. The Morgan fingerprint density at radius 1 is 1.32 bits per heavy atom. The molecule has 2 rings (SSSR count). The second-order valence-corrected chi connectivity index (χ2v) is 5.61. The molecule has 5 heteroatoms. The fourth-order valence-electron chi connectivity index (χ4n) is 2.29. The maximum atomic E-state index is 5.10. The average molecular weight is 264 g/mol. The molecule has 0 spiro atoms. The van der Waals surface area contributed by atoms with Crippen molar-refractivity contribution in [2.75, 3.05) is 31.3 Å². The van der Waals surface area contributed by atoms with Crippen LogP contribution in [0.5, 0.6) is 0 Å². The third kappa shape index (κ3) is 3.35. The highest BCUT2D eigenvalue weighted by Crippen LogP contribution is 2.51. The first-order valence-electron chi connectivity index (χ1n) is 6.88. The van der Waals surface area contributed by atoms with Gasteiger partial charge in [-0.2, -0.15) is 0 Å². The number of ether oxygens (including phenoxy) is 1. The minimum Gasteiger partial charge on any atom is -0.377 e. The number of hydrogen-bond acceptors (Lipinski definition) is 5. The molecule has 1 aromatic heterocycles. The van der Waals surface area contributed by atoms with E-state index in [0.717, 1.165) is 18.2 Å². The van der Waals surface area contributed by atoms with E-state index in [-0.39, 0.29) is 0 Å². The Labute approximate surface area is 115 Å². The molecule has 1 fully saturated rings. The zero-order chi connectivity index (χ0) is 13.9. The Morgan fingerprint density at radius 3 is 2.53 bits per heavy atom. The molecule has 2 N–H and O–H groups in total. The van der Waals surface area contributed by atoms with Gasteiger partial charge in [-0.25, -0.2) is 9.97 Å². The van der Waals surface area contributed by atoms with Crippen LogP contribution in [0.2, 0.25) is 0 Å². The van der Waals surface area contributed by atoms with Crippen molar-refractivity contribution >= 4 is 11.6 Å². The van der Waals surface area contributed by atoms with Crippen LogP contribution in [-0.2, 0) is 11.3 Å². The quantitative estimate of drug-likeness (QED) is 0.792. The standard InChI is InChI=1S/C14H24N4O/c1-10(2)14(5-6-14)9-16-12-7-11(15-3)17-13(18-12)8-19-4/h7,10H,5-6,8-9H2,1-4H3,(H2,15,16,17,18). The molecule has 1 aliphatic rings. The average Bonchev–Trinajstić information content (AvgIpc) is 3.18. The molecule has 5 nitrogen and oxygen atoms in total. The molecule has 1 aromatic rings. The lowest BCUT2D eigenvalue weighted by Gasteiger charge is -2.20. The summed E-state index contributed by atoms with van der Waals surface area (Å²) in [5.41, 5.74) is 0.464. The lowest BCUT2D eigenvalue weighted by molar-refractivity contribution is 0.178. The predicted octanol–water partition coefficient (Wildman–Crippen LogP) is 2.51. The summed E-state index contributed by atoms with van der Waals surface area (Å²) < 4.78 is 5.10. The van der Waals surface area contributed by atoms with Crippen molar-refractivity contribution in [2.45, 2.75) is 33.3 Å². The fraction of sp³-hybridized carbons (Fsp3) is 0.714. The second-order valence-electron chi connectivity index (χ2n) is 5.61. The summed E-state index contributed by atoms with van der Waals surface area (Å²) in [6.45, 7) is 6.00. The summed E-state index contributed by atoms with van der Waals surface area (Å²) in [4.78, 5) is 8.82. The maximum Gasteiger partial charge on any atom is 0.158 e. The van der Waals surface area contributed by atoms with Crippen LogP contribution in [0.1, 0.15) is 32.5 Å². The Kier molecular flexibility index (Phi) is 4.24. The van der Waals surface area contributed by atoms with Gasteiger partial charge in [-0.3, -0.25) is 0 Å². The van der Waals surface area contributed by atoms with Crippen LogP contribution in [0.4, 0.5) is 11.6 Å². The summed E-state index contributed by atoms with van der Waals surface area (Å²) in [6, 6.07) is 1.94. The van der Waals surface area contributed by atoms with Gasteiger partial charge in [-0.05, 0) is 24.2 Å². The second kappa shape index (κ2) is 5.74. The Hall–Kier alpha value is -1.36. The highest BCUT2D eigenvalue weighted by atomic mass is 16.5. The third-order valence-electron chi connectivity index (χ3n) is 4.04. The Balaban J connectivity index is 2.05. The highest BCUT2D eigenvalue weighted by molar-refractivity contribution is 5.47. The molecule has 0 amide bonds. The van der Waals surface area contributed by atoms with Crippen LogP contribution in [0.15, 0.2) is 6.07 Å². The van der Waals surface area contributed by atoms with E-state index in [9.17, 15) is 0 Å². The molecule has 0 radical (unpaired) electrons. The van der Waals surface area contributed by atoms with Gasteiger partial charge in [0.1, 0.15) is 18.2 Å². The van der Waals surface area contributed by atoms with Crippen molar-refractivity contribution in [1.82, 2.24) is 9.97 Å². The summed E-state index contributed by atoms with van der Waals surface area (Å²) in [6.07, 6.45) is 2.62. The van der Waals surface area contributed by atoms with E-state index in [4.69, 9.17) is 4.74 Å². The van der Waals surface area contributed by atoms with Crippen LogP contribution < -0.4 is 10.6 Å². The molecular weight excluding hydrogens is 240 g/mol. The Morgan fingerprint density at radius 2 is 2.00 bits per heavy atom. The van der Waals surface area contributed by atoms with Crippen LogP contribution in [0.25, 0.3) is 0 Å². The predicted molar refractivity (Wildman–Crippen MR) is 77.3 cm³/mol. The number of hydrogen-bond donors (Lipinski definition) is 2. The summed E-state index contributed by atoms with van der Waals surface area (Å²) >= 11 is 0. The molecule has 0 bridgehead atoms. The van der Waals surface area contributed by atoms with Crippen molar-refractivity contribution in [1.29, 1.82) is 0 Å². The normalized spacial score (nSPS) is 16.5. The largest absolute Gasteiger partial charge is 0.377 e. The van der Waals surface area contributed by atoms with Crippen molar-refractivity contribution in [3.05, 3.63) is 11.9 Å². The van der Waals surface area contributed by atoms with E-state index in [2.05, 4.69) is 34.4 Å². The lowest BCUT2D eigenvalue weighted by atomic mass is 9.92. The molecule has 106 valence electrons. The number of nitrogens with zero attached hydrogens (tertiary/aromatic N) is 2. The van der Waals surface area contributed by atoms with Crippen LogP contribution in [0, 0.1) is 11.3 Å². The van der Waals surface area contributed by atoms with E-state index in [1.807, 2.05) is 13.1 Å². The lowest BCUT2D eigenvalue weighted by Crippen LogP contribution is -2.21. The van der Waals surface area contributed by atoms with E-state index in [0.29, 0.717) is 23.8 Å². The highest BCUT2D eigenvalue weighted by Gasteiger charge is 2.44. The van der Waals surface area contributed by atoms with E-state index >= 15 is 0 Å². The van der Waals surface area contributed by atoms with Crippen molar-refractivity contribution in [3.8, 4) is 0 Å². The molecule has 1 heterocycles. The molecule has 0 aliphatic heterocycles. The first-order chi connectivity index (χ1) is 9.09. The minimum absolute atomic E-state index is 0.430. The van der Waals surface area contributed by atoms with Gasteiger partial charge in [-0.15, -0.1) is 0 Å². The van der Waals surface area contributed by atoms with Crippen LogP contribution in [-0.4, -0.2) is 30.7 Å². The van der Waals surface area contributed by atoms with Gasteiger partial charge in [0, 0.05) is 26.8 Å². The number of anilines is 2. The van der Waals surface area contributed by atoms with Crippen molar-refractivity contribution < 1.29 is 4.74 Å². The van der Waals surface area contributed by atoms with Gasteiger partial charge in [-0.1, -0.05) is 13.8 Å². The molecule has 0 aromatic carbocycles. The molecule has 19 heavy (non-hydrogen) atoms. The van der Waals surface area contributed by atoms with Crippen LogP contribution in [0.3, 0.4) is 0 Å². The van der Waals surface area contributed by atoms with Gasteiger partial charge < -0.3 is 15.4 Å². The number of methoxy groups -OCH3 is 1. The molecule has 1 aliphatic carbocycles. The SMILES string of the molecule is CNc1cc(NCC2(C(C)C)CC2)nc(COC)n1. The van der Waals surface area contributed by atoms with Gasteiger partial charge >= 0.3 is 0 Å². The smallest absolute Gasteiger partial charge is 0.158 e. The zero-order valence-electron chi connectivity index (χ0n) is 12.3. The number of nitrogens with one attached hydrogen (secondary N) is 2. The minimum atomic E-state index is 0.430. The molecule has 0 atom stereocenters. The van der Waals surface area contributed by atoms with Gasteiger partial charge in [0.25, 0.3) is 0 Å². The number of rotatable bonds is 7. The monoisotopic (exact) mass is 264 g/mol. The van der Waals surface area contributed by atoms with E-state index < -0.39 is 0 Å². The van der Waals surface area contributed by atoms with Crippen LogP contribution >= 0.6 is 0 Å². The third-order valence-corrected chi connectivity index (χ3v) is 4.04. The fourth-order valence-corrected chi connectivity index (χ4v) is 2.29. The first kappa shape index (κ1) is 14.1. The van der Waals surface area contributed by atoms with Gasteiger partial charge in [0.05, 0.1) is 0 Å². The van der Waals surface area contributed by atoms with Crippen molar-refractivity contribution in [3.63, 3.8) is 0 Å². The summed E-state index contributed by atoms with van der Waals surface area (Å²) in [7, 11) is 3.51. The van der Waals surface area contributed by atoms with Gasteiger partial charge in [0.15, 0.2) is 5.82 Å². The van der Waals surface area contributed by atoms with E-state index in [1.54, 1.807) is 7.11 Å². The topological polar surface area (TPSA) is 59.1 Å². The molecule has 1 saturated carbocycles. The molecular formula is C14H24N4O. The van der Waals surface area contributed by atoms with Gasteiger partial charge in [0.2, 0.25) is 0 Å². The zero-order valence-corrected chi connectivity index (χ0v) is 12.3. The summed E-state index contributed by atoms with van der Waals surface area (Å²) in [5.74, 6) is 3.10. The number of aromatic nitrogens is 2. The maximum absolute atomic E-state index is 5.10. The Bertz CT molecular complexity index is 429. The molecule has 0 unspecified atom stereocenters. The molecule has 0 saturated heterocycles. The van der Waals surface area contributed by atoms with E-state index in [1.165, 1.54) is 12.8 Å².